The van der Waals surface area contributed by atoms with Crippen LogP contribution in [-0.2, 0) is 33.3 Å². The third-order valence-corrected chi connectivity index (χ3v) is 5.51. The van der Waals surface area contributed by atoms with Crippen molar-refractivity contribution in [1.29, 1.82) is 0 Å². The van der Waals surface area contributed by atoms with Gasteiger partial charge in [-0.15, -0.1) is 0 Å². The quantitative estimate of drug-likeness (QED) is 0.502. The molecule has 1 aromatic rings. The summed E-state index contributed by atoms with van der Waals surface area (Å²) in [5, 5.41) is 0.599. The minimum Gasteiger partial charge on any atom is -0.463 e. The van der Waals surface area contributed by atoms with Gasteiger partial charge < -0.3 is 18.9 Å². The van der Waals surface area contributed by atoms with E-state index >= 15 is 0 Å². The van der Waals surface area contributed by atoms with E-state index < -0.39 is 41.7 Å². The Balaban J connectivity index is 2.28. The summed E-state index contributed by atoms with van der Waals surface area (Å²) in [7, 11) is 0. The maximum atomic E-state index is 11.6. The molecule has 0 aliphatic carbocycles. The smallest absolute Gasteiger partial charge is 0.303 e. The van der Waals surface area contributed by atoms with Gasteiger partial charge in [-0.3, -0.25) is 14.4 Å². The molecular weight excluding hydrogens is 408 g/mol. The summed E-state index contributed by atoms with van der Waals surface area (Å²) >= 11 is 7.28. The minimum absolute atomic E-state index is 0.0813. The molecule has 5 atom stereocenters. The Labute approximate surface area is 173 Å². The van der Waals surface area contributed by atoms with Crippen LogP contribution >= 0.6 is 23.4 Å². The van der Waals surface area contributed by atoms with Crippen molar-refractivity contribution in [2.45, 2.75) is 56.3 Å². The SMILES string of the molecule is CC(=O)OCC1O[C@H](Sc2ccc(Cl)cc2)C(OC(C)=O)C(C)[C@H]1OC(C)=O. The van der Waals surface area contributed by atoms with E-state index in [1.807, 2.05) is 12.1 Å². The predicted octanol–water partition coefficient (Wildman–Crippen LogP) is 3.22. The fourth-order valence-electron chi connectivity index (χ4n) is 2.91. The van der Waals surface area contributed by atoms with Gasteiger partial charge in [0, 0.05) is 36.6 Å². The minimum atomic E-state index is -0.733. The second kappa shape index (κ2) is 10.1. The molecule has 0 aromatic heterocycles. The molecule has 0 saturated carbocycles. The first-order chi connectivity index (χ1) is 13.2. The molecule has 0 bridgehead atoms. The molecule has 0 spiro atoms. The molecule has 1 aliphatic heterocycles. The Bertz CT molecular complexity index is 707. The lowest BCUT2D eigenvalue weighted by Crippen LogP contribution is -2.56. The fourth-order valence-corrected chi connectivity index (χ4v) is 4.23. The number of esters is 3. The van der Waals surface area contributed by atoms with E-state index in [1.165, 1.54) is 32.5 Å². The maximum absolute atomic E-state index is 11.6. The van der Waals surface area contributed by atoms with Crippen molar-refractivity contribution in [3.05, 3.63) is 29.3 Å². The van der Waals surface area contributed by atoms with Crippen molar-refractivity contribution in [1.82, 2.24) is 0 Å². The average molecular weight is 431 g/mol. The van der Waals surface area contributed by atoms with Gasteiger partial charge in [0.05, 0.1) is 0 Å². The second-order valence-electron chi connectivity index (χ2n) is 6.42. The summed E-state index contributed by atoms with van der Waals surface area (Å²) in [4.78, 5) is 35.3. The molecule has 9 heteroatoms. The lowest BCUT2D eigenvalue weighted by atomic mass is 9.91. The highest BCUT2D eigenvalue weighted by molar-refractivity contribution is 7.99. The fraction of sp³-hybridized carbons (Fsp3) is 0.526. The van der Waals surface area contributed by atoms with Crippen LogP contribution in [0.25, 0.3) is 0 Å². The number of rotatable bonds is 6. The van der Waals surface area contributed by atoms with Crippen molar-refractivity contribution in [3.8, 4) is 0 Å². The molecule has 28 heavy (non-hydrogen) atoms. The van der Waals surface area contributed by atoms with Gasteiger partial charge in [-0.25, -0.2) is 0 Å². The number of thioether (sulfide) groups is 1. The second-order valence-corrected chi connectivity index (χ2v) is 8.03. The summed E-state index contributed by atoms with van der Waals surface area (Å²) in [5.41, 5.74) is -0.590. The van der Waals surface area contributed by atoms with Crippen molar-refractivity contribution in [3.63, 3.8) is 0 Å². The largest absolute Gasteiger partial charge is 0.463 e. The number of carbonyl (C=O) groups excluding carboxylic acids is 3. The van der Waals surface area contributed by atoms with Crippen molar-refractivity contribution in [2.24, 2.45) is 5.92 Å². The summed E-state index contributed by atoms with van der Waals surface area (Å²) in [6, 6.07) is 7.14. The number of halogens is 1. The van der Waals surface area contributed by atoms with Crippen LogP contribution in [0.1, 0.15) is 27.7 Å². The van der Waals surface area contributed by atoms with Gasteiger partial charge in [0.15, 0.2) is 0 Å². The van der Waals surface area contributed by atoms with E-state index in [0.29, 0.717) is 5.02 Å². The molecule has 1 fully saturated rings. The summed E-state index contributed by atoms with van der Waals surface area (Å²) in [5.74, 6) is -1.82. The van der Waals surface area contributed by atoms with Gasteiger partial charge in [-0.05, 0) is 24.3 Å². The molecular formula is C19H23ClO7S. The Morgan fingerprint density at radius 3 is 2.11 bits per heavy atom. The molecule has 3 unspecified atom stereocenters. The number of hydrogen-bond donors (Lipinski definition) is 0. The monoisotopic (exact) mass is 430 g/mol. The van der Waals surface area contributed by atoms with Gasteiger partial charge in [0.1, 0.15) is 30.4 Å². The normalized spacial score (nSPS) is 27.0. The molecule has 154 valence electrons. The zero-order valence-electron chi connectivity index (χ0n) is 16.0. The summed E-state index contributed by atoms with van der Waals surface area (Å²) in [6.45, 7) is 5.60. The zero-order chi connectivity index (χ0) is 20.8. The van der Waals surface area contributed by atoms with E-state index in [1.54, 1.807) is 19.1 Å². The molecule has 1 aromatic carbocycles. The Hall–Kier alpha value is -1.77. The average Bonchev–Trinajstić information content (AvgIpc) is 2.60. The van der Waals surface area contributed by atoms with Crippen LogP contribution in [0.5, 0.6) is 0 Å². The van der Waals surface area contributed by atoms with Gasteiger partial charge in [0.2, 0.25) is 0 Å². The molecule has 0 radical (unpaired) electrons. The topological polar surface area (TPSA) is 88.1 Å². The van der Waals surface area contributed by atoms with Crippen LogP contribution in [0.2, 0.25) is 5.02 Å². The summed E-state index contributed by atoms with van der Waals surface area (Å²) < 4.78 is 22.0. The third kappa shape index (κ3) is 6.39. The van der Waals surface area contributed by atoms with Crippen LogP contribution in [0, 0.1) is 5.92 Å². The molecule has 0 amide bonds. The lowest BCUT2D eigenvalue weighted by molar-refractivity contribution is -0.212. The Kier molecular flexibility index (Phi) is 8.15. The highest BCUT2D eigenvalue weighted by Crippen LogP contribution is 2.39. The molecule has 7 nitrogen and oxygen atoms in total. The van der Waals surface area contributed by atoms with Gasteiger partial charge in [-0.1, -0.05) is 30.3 Å². The van der Waals surface area contributed by atoms with Gasteiger partial charge in [-0.2, -0.15) is 0 Å². The van der Waals surface area contributed by atoms with E-state index in [2.05, 4.69) is 0 Å². The van der Waals surface area contributed by atoms with Gasteiger partial charge in [0.25, 0.3) is 0 Å². The van der Waals surface area contributed by atoms with Crippen LogP contribution < -0.4 is 0 Å². The lowest BCUT2D eigenvalue weighted by Gasteiger charge is -2.43. The highest BCUT2D eigenvalue weighted by atomic mass is 35.5. The van der Waals surface area contributed by atoms with Crippen molar-refractivity contribution in [2.75, 3.05) is 6.61 Å². The first-order valence-electron chi connectivity index (χ1n) is 8.73. The van der Waals surface area contributed by atoms with Crippen LogP contribution in [-0.4, -0.2) is 48.3 Å². The van der Waals surface area contributed by atoms with E-state index in [0.717, 1.165) is 4.90 Å². The van der Waals surface area contributed by atoms with Crippen molar-refractivity contribution < 1.29 is 33.3 Å². The van der Waals surface area contributed by atoms with Crippen LogP contribution in [0.4, 0.5) is 0 Å². The Morgan fingerprint density at radius 1 is 1.00 bits per heavy atom. The van der Waals surface area contributed by atoms with E-state index in [9.17, 15) is 14.4 Å². The third-order valence-electron chi connectivity index (χ3n) is 4.10. The number of carbonyl (C=O) groups is 3. The molecule has 1 saturated heterocycles. The zero-order valence-corrected chi connectivity index (χ0v) is 17.6. The number of hydrogen-bond acceptors (Lipinski definition) is 8. The standard InChI is InChI=1S/C19H23ClO7S/c1-10-17(25-12(3)22)16(9-24-11(2)21)27-19(18(10)26-13(4)23)28-15-7-5-14(20)6-8-15/h5-8,10,16-19H,9H2,1-4H3/t10?,16?,17-,18?,19-/m1/s1. The van der Waals surface area contributed by atoms with Crippen molar-refractivity contribution >= 4 is 41.3 Å². The van der Waals surface area contributed by atoms with Crippen LogP contribution in [0.3, 0.4) is 0 Å². The number of benzene rings is 1. The van der Waals surface area contributed by atoms with Crippen LogP contribution in [0.15, 0.2) is 29.2 Å². The number of ether oxygens (including phenoxy) is 4. The first kappa shape index (κ1) is 22.5. The Morgan fingerprint density at radius 2 is 1.57 bits per heavy atom. The highest BCUT2D eigenvalue weighted by Gasteiger charge is 2.48. The first-order valence-corrected chi connectivity index (χ1v) is 9.98. The van der Waals surface area contributed by atoms with Gasteiger partial charge >= 0.3 is 17.9 Å². The summed E-state index contributed by atoms with van der Waals surface area (Å²) in [6.07, 6.45) is -2.10. The maximum Gasteiger partial charge on any atom is 0.303 e. The van der Waals surface area contributed by atoms with E-state index in [4.69, 9.17) is 30.5 Å². The molecule has 2 rings (SSSR count). The predicted molar refractivity (Wildman–Crippen MR) is 103 cm³/mol. The molecule has 1 aliphatic rings. The van der Waals surface area contributed by atoms with E-state index in [-0.39, 0.29) is 12.5 Å². The molecule has 0 N–H and O–H groups in total. The molecule has 1 heterocycles.